The van der Waals surface area contributed by atoms with E-state index in [9.17, 15) is 0 Å². The minimum Gasteiger partial charge on any atom is -0.485 e. The average molecular weight is 689 g/mol. The van der Waals surface area contributed by atoms with E-state index in [0.717, 1.165) is 27.7 Å². The molecular formula is C52H32O2. The third kappa shape index (κ3) is 4.41. The molecule has 2 unspecified atom stereocenters. The summed E-state index contributed by atoms with van der Waals surface area (Å²) in [6.45, 7) is 0. The van der Waals surface area contributed by atoms with Crippen LogP contribution in [0.1, 0.15) is 17.0 Å². The summed E-state index contributed by atoms with van der Waals surface area (Å²) in [6.07, 6.45) is 6.78. The summed E-state index contributed by atoms with van der Waals surface area (Å²) in [5.41, 5.74) is 10.3. The normalized spacial score (nSPS) is 16.3. The number of fused-ring (bicyclic) bond motifs is 11. The van der Waals surface area contributed by atoms with Gasteiger partial charge in [-0.15, -0.1) is 0 Å². The highest BCUT2D eigenvalue weighted by molar-refractivity contribution is 6.17. The van der Waals surface area contributed by atoms with Crippen molar-refractivity contribution in [2.75, 3.05) is 0 Å². The second kappa shape index (κ2) is 11.3. The molecule has 252 valence electrons. The van der Waals surface area contributed by atoms with Gasteiger partial charge in [-0.3, -0.25) is 0 Å². The standard InChI is InChI=1S/C52H32O2/c1-2-10-32-25-33(18-17-31(32)9-1)34-19-23-49-45(26-34)47-29-48-46-28-36(20-24-50(46)54-52(48)30-51(47)53-49)38-21-22-43(41-15-7-5-14-40(38)41)44-27-35-11-3-4-12-37(35)39-13-6-8-16-42(39)44/h1-30,45,49H. The van der Waals surface area contributed by atoms with Crippen LogP contribution in [0.3, 0.4) is 0 Å². The highest BCUT2D eigenvalue weighted by atomic mass is 16.5. The number of allylic oxidation sites excluding steroid dienone is 2. The monoisotopic (exact) mass is 688 g/mol. The summed E-state index contributed by atoms with van der Waals surface area (Å²) in [6, 6.07) is 59.6. The molecule has 2 nitrogen and oxygen atoms in total. The van der Waals surface area contributed by atoms with Gasteiger partial charge in [-0.1, -0.05) is 140 Å². The van der Waals surface area contributed by atoms with Crippen molar-refractivity contribution >= 4 is 70.6 Å². The summed E-state index contributed by atoms with van der Waals surface area (Å²) >= 11 is 0. The van der Waals surface area contributed by atoms with E-state index in [0.29, 0.717) is 0 Å². The lowest BCUT2D eigenvalue weighted by atomic mass is 9.86. The second-order valence-corrected chi connectivity index (χ2v) is 14.7. The van der Waals surface area contributed by atoms with Gasteiger partial charge in [-0.2, -0.15) is 0 Å². The fraction of sp³-hybridized carbons (Fsp3) is 0.0385. The molecule has 9 aromatic carbocycles. The first-order valence-electron chi connectivity index (χ1n) is 18.7. The Bertz CT molecular complexity index is 3270. The fourth-order valence-corrected chi connectivity index (χ4v) is 9.16. The summed E-state index contributed by atoms with van der Waals surface area (Å²) in [5, 5.41) is 12.3. The first kappa shape index (κ1) is 29.7. The molecule has 0 spiro atoms. The van der Waals surface area contributed by atoms with E-state index in [-0.39, 0.29) is 12.0 Å². The number of hydrogen-bond acceptors (Lipinski definition) is 2. The van der Waals surface area contributed by atoms with Crippen molar-refractivity contribution in [1.82, 2.24) is 0 Å². The molecule has 0 N–H and O–H groups in total. The molecule has 0 amide bonds. The van der Waals surface area contributed by atoms with Crippen molar-refractivity contribution < 1.29 is 9.15 Å². The van der Waals surface area contributed by atoms with Crippen LogP contribution in [0.15, 0.2) is 186 Å². The van der Waals surface area contributed by atoms with E-state index in [1.54, 1.807) is 0 Å². The van der Waals surface area contributed by atoms with E-state index < -0.39 is 0 Å². The van der Waals surface area contributed by atoms with Crippen molar-refractivity contribution in [1.29, 1.82) is 0 Å². The highest BCUT2D eigenvalue weighted by Gasteiger charge is 2.34. The van der Waals surface area contributed by atoms with Gasteiger partial charge in [0, 0.05) is 28.3 Å². The molecular weight excluding hydrogens is 657 g/mol. The molecule has 0 saturated heterocycles. The first-order valence-corrected chi connectivity index (χ1v) is 18.7. The maximum Gasteiger partial charge on any atom is 0.139 e. The van der Waals surface area contributed by atoms with Gasteiger partial charge in [-0.05, 0) is 113 Å². The Balaban J connectivity index is 0.978. The van der Waals surface area contributed by atoms with Gasteiger partial charge in [-0.25, -0.2) is 0 Å². The SMILES string of the molecule is C1=CC2Oc3cc4oc5ccc(-c6ccc(-c7cc8ccccc8c8ccccc78)c7ccccc67)cc5c4cc3C2C=C1c1ccc2ccccc2c1. The smallest absolute Gasteiger partial charge is 0.139 e. The van der Waals surface area contributed by atoms with Crippen LogP contribution < -0.4 is 4.74 Å². The predicted octanol–water partition coefficient (Wildman–Crippen LogP) is 14.0. The van der Waals surface area contributed by atoms with Crippen LogP contribution in [0.2, 0.25) is 0 Å². The molecule has 2 aliphatic rings. The molecule has 1 aliphatic carbocycles. The summed E-state index contributed by atoms with van der Waals surface area (Å²) in [7, 11) is 0. The Hall–Kier alpha value is -6.90. The van der Waals surface area contributed by atoms with Crippen LogP contribution in [0, 0.1) is 0 Å². The molecule has 2 heterocycles. The lowest BCUT2D eigenvalue weighted by Gasteiger charge is -2.19. The van der Waals surface area contributed by atoms with E-state index in [1.165, 1.54) is 82.0 Å². The Morgan fingerprint density at radius 3 is 1.93 bits per heavy atom. The van der Waals surface area contributed by atoms with Crippen molar-refractivity contribution in [2.24, 2.45) is 0 Å². The molecule has 0 saturated carbocycles. The minimum absolute atomic E-state index is 0.0258. The zero-order valence-electron chi connectivity index (χ0n) is 29.3. The zero-order valence-corrected chi connectivity index (χ0v) is 29.3. The molecule has 2 heteroatoms. The summed E-state index contributed by atoms with van der Waals surface area (Å²) in [5.74, 6) is 1.03. The Kier molecular flexibility index (Phi) is 6.20. The number of ether oxygens (including phenoxy) is 1. The Morgan fingerprint density at radius 1 is 0.407 bits per heavy atom. The lowest BCUT2D eigenvalue weighted by Crippen LogP contribution is -2.16. The number of rotatable bonds is 3. The molecule has 1 aromatic heterocycles. The van der Waals surface area contributed by atoms with Gasteiger partial charge < -0.3 is 9.15 Å². The number of benzene rings is 9. The zero-order chi connectivity index (χ0) is 35.3. The van der Waals surface area contributed by atoms with Crippen LogP contribution in [0.25, 0.3) is 92.9 Å². The maximum atomic E-state index is 6.52. The molecule has 2 atom stereocenters. The van der Waals surface area contributed by atoms with E-state index >= 15 is 0 Å². The van der Waals surface area contributed by atoms with Gasteiger partial charge in [0.25, 0.3) is 0 Å². The van der Waals surface area contributed by atoms with Crippen LogP contribution in [0.4, 0.5) is 0 Å². The van der Waals surface area contributed by atoms with E-state index in [4.69, 9.17) is 9.15 Å². The first-order chi connectivity index (χ1) is 26.7. The molecule has 54 heavy (non-hydrogen) atoms. The van der Waals surface area contributed by atoms with Gasteiger partial charge >= 0.3 is 0 Å². The predicted molar refractivity (Wildman–Crippen MR) is 225 cm³/mol. The van der Waals surface area contributed by atoms with E-state index in [2.05, 4.69) is 182 Å². The van der Waals surface area contributed by atoms with Crippen LogP contribution in [0.5, 0.6) is 5.75 Å². The minimum atomic E-state index is -0.0258. The van der Waals surface area contributed by atoms with Crippen molar-refractivity contribution in [2.45, 2.75) is 12.0 Å². The van der Waals surface area contributed by atoms with Gasteiger partial charge in [0.2, 0.25) is 0 Å². The molecule has 0 radical (unpaired) electrons. The van der Waals surface area contributed by atoms with Crippen LogP contribution in [-0.4, -0.2) is 6.10 Å². The van der Waals surface area contributed by atoms with Crippen LogP contribution in [-0.2, 0) is 0 Å². The third-order valence-electron chi connectivity index (χ3n) is 11.8. The molecule has 0 bridgehead atoms. The molecule has 0 fully saturated rings. The van der Waals surface area contributed by atoms with Crippen molar-refractivity contribution in [3.05, 3.63) is 193 Å². The van der Waals surface area contributed by atoms with Gasteiger partial charge in [0.05, 0.1) is 0 Å². The largest absolute Gasteiger partial charge is 0.485 e. The van der Waals surface area contributed by atoms with Gasteiger partial charge in [0.15, 0.2) is 0 Å². The Labute approximate surface area is 311 Å². The van der Waals surface area contributed by atoms with E-state index in [1.807, 2.05) is 0 Å². The molecule has 10 aromatic rings. The molecule has 1 aliphatic heterocycles. The second-order valence-electron chi connectivity index (χ2n) is 14.7. The summed E-state index contributed by atoms with van der Waals surface area (Å²) < 4.78 is 13.0. The Morgan fingerprint density at radius 2 is 1.07 bits per heavy atom. The number of hydrogen-bond donors (Lipinski definition) is 0. The van der Waals surface area contributed by atoms with Crippen molar-refractivity contribution in [3.63, 3.8) is 0 Å². The third-order valence-corrected chi connectivity index (χ3v) is 11.8. The van der Waals surface area contributed by atoms with Crippen LogP contribution >= 0.6 is 0 Å². The summed E-state index contributed by atoms with van der Waals surface area (Å²) in [4.78, 5) is 0. The number of furan rings is 1. The van der Waals surface area contributed by atoms with Gasteiger partial charge in [0.1, 0.15) is 23.0 Å². The highest BCUT2D eigenvalue weighted by Crippen LogP contribution is 2.48. The van der Waals surface area contributed by atoms with Crippen molar-refractivity contribution in [3.8, 4) is 28.0 Å². The molecule has 12 rings (SSSR count). The quantitative estimate of drug-likeness (QED) is 0.172. The maximum absolute atomic E-state index is 6.52. The average Bonchev–Trinajstić information content (AvgIpc) is 3.78. The fourth-order valence-electron chi connectivity index (χ4n) is 9.16. The lowest BCUT2D eigenvalue weighted by molar-refractivity contribution is 0.269. The topological polar surface area (TPSA) is 22.4 Å².